The molecule has 1 amide bonds. The van der Waals surface area contributed by atoms with E-state index in [0.717, 1.165) is 25.7 Å². The van der Waals surface area contributed by atoms with Gasteiger partial charge in [-0.3, -0.25) is 4.79 Å². The van der Waals surface area contributed by atoms with E-state index in [9.17, 15) is 4.79 Å². The summed E-state index contributed by atoms with van der Waals surface area (Å²) in [5, 5.41) is 3.18. The summed E-state index contributed by atoms with van der Waals surface area (Å²) >= 11 is 0. The first-order valence-electron chi connectivity index (χ1n) is 7.47. The van der Waals surface area contributed by atoms with Crippen molar-refractivity contribution in [3.05, 3.63) is 35.9 Å². The molecule has 0 fully saturated rings. The van der Waals surface area contributed by atoms with Crippen LogP contribution in [0.15, 0.2) is 30.3 Å². The van der Waals surface area contributed by atoms with Crippen LogP contribution in [0.25, 0.3) is 0 Å². The summed E-state index contributed by atoms with van der Waals surface area (Å²) in [5.41, 5.74) is 1.21. The lowest BCUT2D eigenvalue weighted by molar-refractivity contribution is -0.122. The van der Waals surface area contributed by atoms with E-state index < -0.39 is 0 Å². The van der Waals surface area contributed by atoms with Crippen LogP contribution in [0.2, 0.25) is 0 Å². The average molecular weight is 261 g/mol. The lowest BCUT2D eigenvalue weighted by Gasteiger charge is -2.21. The fourth-order valence-electron chi connectivity index (χ4n) is 2.24. The van der Waals surface area contributed by atoms with Crippen molar-refractivity contribution in [1.82, 2.24) is 5.32 Å². The molecule has 0 aromatic heterocycles. The Balaban J connectivity index is 2.57. The maximum Gasteiger partial charge on any atom is 0.220 e. The normalized spacial score (nSPS) is 12.4. The number of hydrogen-bond acceptors (Lipinski definition) is 1. The van der Waals surface area contributed by atoms with E-state index in [4.69, 9.17) is 0 Å². The molecule has 0 saturated carbocycles. The second-order valence-corrected chi connectivity index (χ2v) is 5.62. The van der Waals surface area contributed by atoms with Gasteiger partial charge in [-0.05, 0) is 24.3 Å². The van der Waals surface area contributed by atoms with E-state index in [-0.39, 0.29) is 11.9 Å². The molecule has 0 radical (unpaired) electrons. The fourth-order valence-corrected chi connectivity index (χ4v) is 2.24. The number of hydrogen-bond donors (Lipinski definition) is 1. The van der Waals surface area contributed by atoms with Gasteiger partial charge in [-0.2, -0.15) is 0 Å². The average Bonchev–Trinajstić information content (AvgIpc) is 2.39. The number of carbonyl (C=O) groups excluding carboxylic acids is 1. The minimum absolute atomic E-state index is 0.148. The van der Waals surface area contributed by atoms with Gasteiger partial charge in [0, 0.05) is 6.42 Å². The monoisotopic (exact) mass is 261 g/mol. The molecule has 0 spiro atoms. The van der Waals surface area contributed by atoms with Crippen molar-refractivity contribution in [2.24, 2.45) is 5.92 Å². The molecule has 0 aliphatic rings. The number of amides is 1. The Labute approximate surface area is 117 Å². The smallest absolute Gasteiger partial charge is 0.220 e. The van der Waals surface area contributed by atoms with Crippen molar-refractivity contribution >= 4 is 5.91 Å². The van der Waals surface area contributed by atoms with Crippen molar-refractivity contribution in [3.8, 4) is 0 Å². The van der Waals surface area contributed by atoms with Gasteiger partial charge >= 0.3 is 0 Å². The van der Waals surface area contributed by atoms with Gasteiger partial charge in [0.2, 0.25) is 5.91 Å². The zero-order valence-electron chi connectivity index (χ0n) is 12.5. The number of rotatable bonds is 8. The van der Waals surface area contributed by atoms with Crippen molar-refractivity contribution in [1.29, 1.82) is 0 Å². The summed E-state index contributed by atoms with van der Waals surface area (Å²) in [5.74, 6) is 0.754. The Kier molecular flexibility index (Phi) is 7.24. The Morgan fingerprint density at radius 3 is 2.42 bits per heavy atom. The van der Waals surface area contributed by atoms with E-state index in [2.05, 4.69) is 38.2 Å². The van der Waals surface area contributed by atoms with Crippen molar-refractivity contribution in [3.63, 3.8) is 0 Å². The lowest BCUT2D eigenvalue weighted by atomic mass is 9.97. The molecule has 0 aliphatic heterocycles. The summed E-state index contributed by atoms with van der Waals surface area (Å²) < 4.78 is 0. The van der Waals surface area contributed by atoms with Gasteiger partial charge in [-0.1, -0.05) is 63.9 Å². The van der Waals surface area contributed by atoms with E-state index >= 15 is 0 Å². The van der Waals surface area contributed by atoms with Crippen LogP contribution in [0.1, 0.15) is 64.5 Å². The first-order valence-corrected chi connectivity index (χ1v) is 7.47. The standard InChI is InChI=1S/C17H27NO/c1-4-5-7-12-17(19)18-16(13-14(2)3)15-10-8-6-9-11-15/h6,8-11,14,16H,4-5,7,12-13H2,1-3H3,(H,18,19). The topological polar surface area (TPSA) is 29.1 Å². The first-order chi connectivity index (χ1) is 9.13. The van der Waals surface area contributed by atoms with Crippen LogP contribution in [0.3, 0.4) is 0 Å². The molecule has 2 heteroatoms. The summed E-state index contributed by atoms with van der Waals surface area (Å²) in [6.45, 7) is 6.54. The predicted octanol–water partition coefficient (Wildman–Crippen LogP) is 4.47. The van der Waals surface area contributed by atoms with Crippen LogP contribution in [-0.2, 0) is 4.79 Å². The number of carbonyl (C=O) groups is 1. The molecule has 1 N–H and O–H groups in total. The molecular formula is C17H27NO. The van der Waals surface area contributed by atoms with Crippen LogP contribution in [0, 0.1) is 5.92 Å². The predicted molar refractivity (Wildman–Crippen MR) is 80.9 cm³/mol. The van der Waals surface area contributed by atoms with E-state index in [1.54, 1.807) is 0 Å². The number of unbranched alkanes of at least 4 members (excludes halogenated alkanes) is 2. The van der Waals surface area contributed by atoms with Gasteiger partial charge < -0.3 is 5.32 Å². The largest absolute Gasteiger partial charge is 0.349 e. The minimum atomic E-state index is 0.148. The second-order valence-electron chi connectivity index (χ2n) is 5.62. The van der Waals surface area contributed by atoms with Gasteiger partial charge in [0.15, 0.2) is 0 Å². The lowest BCUT2D eigenvalue weighted by Crippen LogP contribution is -2.29. The van der Waals surface area contributed by atoms with Crippen LogP contribution in [-0.4, -0.2) is 5.91 Å². The number of nitrogens with one attached hydrogen (secondary N) is 1. The highest BCUT2D eigenvalue weighted by atomic mass is 16.1. The molecular weight excluding hydrogens is 234 g/mol. The Bertz CT molecular complexity index is 359. The van der Waals surface area contributed by atoms with E-state index in [1.807, 2.05) is 18.2 Å². The van der Waals surface area contributed by atoms with E-state index in [0.29, 0.717) is 12.3 Å². The van der Waals surface area contributed by atoms with Crippen LogP contribution in [0.4, 0.5) is 0 Å². The molecule has 1 aromatic carbocycles. The molecule has 2 nitrogen and oxygen atoms in total. The zero-order valence-corrected chi connectivity index (χ0v) is 12.5. The molecule has 1 atom stereocenters. The second kappa shape index (κ2) is 8.73. The summed E-state index contributed by atoms with van der Waals surface area (Å²) in [7, 11) is 0. The maximum absolute atomic E-state index is 12.0. The highest BCUT2D eigenvalue weighted by Gasteiger charge is 2.15. The van der Waals surface area contributed by atoms with E-state index in [1.165, 1.54) is 5.56 Å². The van der Waals surface area contributed by atoms with Gasteiger partial charge in [0.25, 0.3) is 0 Å². The third-order valence-corrected chi connectivity index (χ3v) is 3.25. The van der Waals surface area contributed by atoms with Gasteiger partial charge in [0.05, 0.1) is 6.04 Å². The number of benzene rings is 1. The first kappa shape index (κ1) is 15.7. The van der Waals surface area contributed by atoms with Gasteiger partial charge in [0.1, 0.15) is 0 Å². The van der Waals surface area contributed by atoms with Crippen molar-refractivity contribution < 1.29 is 4.79 Å². The van der Waals surface area contributed by atoms with Crippen LogP contribution < -0.4 is 5.32 Å². The molecule has 1 aromatic rings. The Hall–Kier alpha value is -1.31. The highest BCUT2D eigenvalue weighted by molar-refractivity contribution is 5.76. The van der Waals surface area contributed by atoms with Crippen LogP contribution in [0.5, 0.6) is 0 Å². The van der Waals surface area contributed by atoms with Gasteiger partial charge in [-0.25, -0.2) is 0 Å². The molecule has 0 heterocycles. The molecule has 19 heavy (non-hydrogen) atoms. The minimum Gasteiger partial charge on any atom is -0.349 e. The maximum atomic E-state index is 12.0. The molecule has 1 unspecified atom stereocenters. The summed E-state index contributed by atoms with van der Waals surface area (Å²) in [6.07, 6.45) is 4.92. The van der Waals surface area contributed by atoms with Crippen molar-refractivity contribution in [2.75, 3.05) is 0 Å². The summed E-state index contributed by atoms with van der Waals surface area (Å²) in [6, 6.07) is 10.4. The third-order valence-electron chi connectivity index (χ3n) is 3.25. The van der Waals surface area contributed by atoms with Crippen molar-refractivity contribution in [2.45, 2.75) is 58.9 Å². The summed E-state index contributed by atoms with van der Waals surface area (Å²) in [4.78, 5) is 12.0. The molecule has 106 valence electrons. The fraction of sp³-hybridized carbons (Fsp3) is 0.588. The van der Waals surface area contributed by atoms with Crippen LogP contribution >= 0.6 is 0 Å². The molecule has 0 saturated heterocycles. The molecule has 0 bridgehead atoms. The Morgan fingerprint density at radius 1 is 1.16 bits per heavy atom. The molecule has 1 rings (SSSR count). The SMILES string of the molecule is CCCCCC(=O)NC(CC(C)C)c1ccccc1. The third kappa shape index (κ3) is 6.42. The quantitative estimate of drug-likeness (QED) is 0.687. The molecule has 0 aliphatic carbocycles. The Morgan fingerprint density at radius 2 is 1.84 bits per heavy atom. The zero-order chi connectivity index (χ0) is 14.1. The highest BCUT2D eigenvalue weighted by Crippen LogP contribution is 2.21. The van der Waals surface area contributed by atoms with Gasteiger partial charge in [-0.15, -0.1) is 0 Å².